The number of aromatic nitrogens is 5. The molecule has 2 aromatic carbocycles. The van der Waals surface area contributed by atoms with Crippen molar-refractivity contribution in [2.45, 2.75) is 29.3 Å². The first kappa shape index (κ1) is 22.7. The van der Waals surface area contributed by atoms with Gasteiger partial charge in [0.1, 0.15) is 10.6 Å². The van der Waals surface area contributed by atoms with Crippen LogP contribution in [0.2, 0.25) is 0 Å². The van der Waals surface area contributed by atoms with Crippen LogP contribution in [0, 0.1) is 5.82 Å². The predicted octanol–water partition coefficient (Wildman–Crippen LogP) is 3.50. The highest BCUT2D eigenvalue weighted by molar-refractivity contribution is 8.01. The van der Waals surface area contributed by atoms with E-state index in [2.05, 4.69) is 25.8 Å². The molecule has 5 rings (SSSR count). The van der Waals surface area contributed by atoms with E-state index in [1.165, 1.54) is 22.5 Å². The number of thioether (sulfide) groups is 1. The first-order chi connectivity index (χ1) is 16.9. The number of nitrogens with one attached hydrogen (secondary N) is 1. The van der Waals surface area contributed by atoms with E-state index in [1.54, 1.807) is 12.4 Å². The summed E-state index contributed by atoms with van der Waals surface area (Å²) in [5.41, 5.74) is 2.79. The summed E-state index contributed by atoms with van der Waals surface area (Å²) in [7, 11) is 0. The number of amides is 1. The van der Waals surface area contributed by atoms with Gasteiger partial charge in [0.05, 0.1) is 11.3 Å². The van der Waals surface area contributed by atoms with E-state index in [0.29, 0.717) is 24.5 Å². The van der Waals surface area contributed by atoms with Gasteiger partial charge in [-0.25, -0.2) is 9.18 Å². The topological polar surface area (TPSA) is 123 Å². The molecule has 0 bridgehead atoms. The van der Waals surface area contributed by atoms with Gasteiger partial charge in [-0.3, -0.25) is 9.78 Å². The van der Waals surface area contributed by atoms with Gasteiger partial charge in [-0.15, -0.1) is 5.10 Å². The Hall–Kier alpha value is -4.12. The Kier molecular flexibility index (Phi) is 6.00. The molecule has 1 aliphatic rings. The number of pyridine rings is 1. The summed E-state index contributed by atoms with van der Waals surface area (Å²) in [5.74, 6) is -2.38. The number of carboxylic acid groups (broad SMARTS) is 1. The molecule has 1 fully saturated rings. The maximum absolute atomic E-state index is 14.2. The van der Waals surface area contributed by atoms with E-state index in [1.807, 2.05) is 36.4 Å². The molecule has 0 unspecified atom stereocenters. The SMILES string of the molecule is O=C(O)c1ccc(-n2nnnc2SC2(C(=O)NCc3cccc(-c4cccnc4)c3)CC2)cc1F. The second kappa shape index (κ2) is 9.26. The second-order valence-corrected chi connectivity index (χ2v) is 9.41. The molecule has 2 N–H and O–H groups in total. The van der Waals surface area contributed by atoms with E-state index < -0.39 is 22.1 Å². The lowest BCUT2D eigenvalue weighted by Crippen LogP contribution is -2.34. The molecule has 35 heavy (non-hydrogen) atoms. The third-order valence-corrected chi connectivity index (χ3v) is 7.07. The highest BCUT2D eigenvalue weighted by atomic mass is 32.2. The summed E-state index contributed by atoms with van der Waals surface area (Å²) in [6.07, 6.45) is 4.81. The Morgan fingerprint density at radius 2 is 1.94 bits per heavy atom. The largest absolute Gasteiger partial charge is 0.478 e. The van der Waals surface area contributed by atoms with Gasteiger partial charge in [-0.1, -0.05) is 36.0 Å². The van der Waals surface area contributed by atoms with Crippen LogP contribution in [0.25, 0.3) is 16.8 Å². The third kappa shape index (κ3) is 4.76. The number of aromatic carboxylic acids is 1. The summed E-state index contributed by atoms with van der Waals surface area (Å²) in [6.45, 7) is 0.363. The van der Waals surface area contributed by atoms with Crippen LogP contribution in [0.15, 0.2) is 72.1 Å². The number of carboxylic acids is 1. The van der Waals surface area contributed by atoms with Gasteiger partial charge in [0, 0.05) is 25.0 Å². The van der Waals surface area contributed by atoms with Gasteiger partial charge in [-0.2, -0.15) is 4.68 Å². The minimum Gasteiger partial charge on any atom is -0.478 e. The van der Waals surface area contributed by atoms with Crippen molar-refractivity contribution in [2.24, 2.45) is 0 Å². The quantitative estimate of drug-likeness (QED) is 0.385. The summed E-state index contributed by atoms with van der Waals surface area (Å²) in [4.78, 5) is 28.3. The maximum Gasteiger partial charge on any atom is 0.338 e. The van der Waals surface area contributed by atoms with Crippen LogP contribution in [0.5, 0.6) is 0 Å². The molecule has 0 radical (unpaired) electrons. The lowest BCUT2D eigenvalue weighted by molar-refractivity contribution is -0.121. The normalized spacial score (nSPS) is 13.9. The zero-order chi connectivity index (χ0) is 24.4. The molecule has 2 aromatic heterocycles. The number of hydrogen-bond acceptors (Lipinski definition) is 7. The average Bonchev–Trinajstić information content (AvgIpc) is 3.51. The Bertz CT molecular complexity index is 1410. The molecule has 0 saturated heterocycles. The van der Waals surface area contributed by atoms with Crippen LogP contribution < -0.4 is 5.32 Å². The fraction of sp³-hybridized carbons (Fsp3) is 0.167. The molecule has 2 heterocycles. The molecule has 4 aromatic rings. The van der Waals surface area contributed by atoms with Crippen molar-refractivity contribution in [3.63, 3.8) is 0 Å². The number of halogens is 1. The number of nitrogens with zero attached hydrogens (tertiary/aromatic N) is 5. The van der Waals surface area contributed by atoms with Crippen LogP contribution in [0.3, 0.4) is 0 Å². The van der Waals surface area contributed by atoms with E-state index in [-0.39, 0.29) is 11.6 Å². The smallest absolute Gasteiger partial charge is 0.338 e. The maximum atomic E-state index is 14.2. The fourth-order valence-corrected chi connectivity index (χ4v) is 4.74. The summed E-state index contributed by atoms with van der Waals surface area (Å²) >= 11 is 1.21. The Morgan fingerprint density at radius 1 is 1.11 bits per heavy atom. The Morgan fingerprint density at radius 3 is 2.66 bits per heavy atom. The van der Waals surface area contributed by atoms with E-state index >= 15 is 0 Å². The standard InChI is InChI=1S/C24H19FN6O3S/c25-20-12-18(6-7-19(20)21(32)33)31-23(28-29-30-31)35-24(8-9-24)22(34)27-13-15-3-1-4-16(11-15)17-5-2-10-26-14-17/h1-7,10-12,14H,8-9,13H2,(H,27,34)(H,32,33). The first-order valence-corrected chi connectivity index (χ1v) is 11.6. The molecular weight excluding hydrogens is 471 g/mol. The van der Waals surface area contributed by atoms with E-state index in [0.717, 1.165) is 28.8 Å². The molecule has 176 valence electrons. The van der Waals surface area contributed by atoms with Crippen molar-refractivity contribution in [1.82, 2.24) is 30.5 Å². The van der Waals surface area contributed by atoms with Gasteiger partial charge in [0.2, 0.25) is 11.1 Å². The molecule has 1 aliphatic carbocycles. The van der Waals surface area contributed by atoms with Gasteiger partial charge >= 0.3 is 5.97 Å². The number of hydrogen-bond donors (Lipinski definition) is 2. The number of tetrazole rings is 1. The number of rotatable bonds is 8. The molecule has 9 nitrogen and oxygen atoms in total. The lowest BCUT2D eigenvalue weighted by atomic mass is 10.0. The van der Waals surface area contributed by atoms with Gasteiger partial charge < -0.3 is 10.4 Å². The van der Waals surface area contributed by atoms with Crippen molar-refractivity contribution in [1.29, 1.82) is 0 Å². The Labute approximate surface area is 203 Å². The zero-order valence-corrected chi connectivity index (χ0v) is 19.1. The summed E-state index contributed by atoms with van der Waals surface area (Å²) < 4.78 is 14.7. The van der Waals surface area contributed by atoms with Crippen molar-refractivity contribution in [3.8, 4) is 16.8 Å². The van der Waals surface area contributed by atoms with Crippen LogP contribution in [-0.4, -0.2) is 46.9 Å². The highest BCUT2D eigenvalue weighted by Crippen LogP contribution is 2.51. The predicted molar refractivity (Wildman–Crippen MR) is 125 cm³/mol. The van der Waals surface area contributed by atoms with Crippen LogP contribution in [0.1, 0.15) is 28.8 Å². The third-order valence-electron chi connectivity index (χ3n) is 5.65. The van der Waals surface area contributed by atoms with Crippen LogP contribution in [0.4, 0.5) is 4.39 Å². The van der Waals surface area contributed by atoms with Crippen molar-refractivity contribution < 1.29 is 19.1 Å². The van der Waals surface area contributed by atoms with E-state index in [9.17, 15) is 14.0 Å². The molecule has 0 aliphatic heterocycles. The second-order valence-electron chi connectivity index (χ2n) is 8.06. The molecule has 1 saturated carbocycles. The summed E-state index contributed by atoms with van der Waals surface area (Å²) in [6, 6.07) is 15.4. The lowest BCUT2D eigenvalue weighted by Gasteiger charge is -2.15. The average molecular weight is 491 g/mol. The molecule has 11 heteroatoms. The number of carbonyl (C=O) groups is 2. The number of benzene rings is 2. The van der Waals surface area contributed by atoms with Crippen molar-refractivity contribution in [2.75, 3.05) is 0 Å². The molecular formula is C24H19FN6O3S. The monoisotopic (exact) mass is 490 g/mol. The van der Waals surface area contributed by atoms with Crippen LogP contribution >= 0.6 is 11.8 Å². The van der Waals surface area contributed by atoms with Crippen molar-refractivity contribution in [3.05, 3.63) is 83.9 Å². The zero-order valence-electron chi connectivity index (χ0n) is 18.3. The van der Waals surface area contributed by atoms with Gasteiger partial charge in [-0.05, 0) is 64.2 Å². The van der Waals surface area contributed by atoms with Crippen LogP contribution in [-0.2, 0) is 11.3 Å². The van der Waals surface area contributed by atoms with E-state index in [4.69, 9.17) is 5.11 Å². The summed E-state index contributed by atoms with van der Waals surface area (Å²) in [5, 5.41) is 23.9. The molecule has 0 atom stereocenters. The minimum absolute atomic E-state index is 0.128. The highest BCUT2D eigenvalue weighted by Gasteiger charge is 2.52. The molecule has 1 amide bonds. The van der Waals surface area contributed by atoms with Crippen molar-refractivity contribution >= 4 is 23.6 Å². The first-order valence-electron chi connectivity index (χ1n) is 10.7. The van der Waals surface area contributed by atoms with Gasteiger partial charge in [0.25, 0.3) is 0 Å². The Balaban J connectivity index is 1.28. The minimum atomic E-state index is -1.36. The fourth-order valence-electron chi connectivity index (χ4n) is 3.62. The molecule has 0 spiro atoms. The number of carbonyl (C=O) groups excluding carboxylic acids is 1. The van der Waals surface area contributed by atoms with Gasteiger partial charge in [0.15, 0.2) is 0 Å².